The molecule has 0 N–H and O–H groups in total. The maximum atomic E-state index is 11.6. The van der Waals surface area contributed by atoms with E-state index >= 15 is 0 Å². The second-order valence-corrected chi connectivity index (χ2v) is 11.3. The highest BCUT2D eigenvalue weighted by Crippen LogP contribution is 2.22. The molecule has 18 heavy (non-hydrogen) atoms. The summed E-state index contributed by atoms with van der Waals surface area (Å²) in [4.78, 5) is 22.9. The van der Waals surface area contributed by atoms with Crippen molar-refractivity contribution in [3.05, 3.63) is 17.9 Å². The second kappa shape index (κ2) is 6.97. The monoisotopic (exact) mass is 286 g/mol. The summed E-state index contributed by atoms with van der Waals surface area (Å²) >= 11 is 1.23. The molecule has 0 spiro atoms. The summed E-state index contributed by atoms with van der Waals surface area (Å²) < 4.78 is 5.21. The van der Waals surface area contributed by atoms with E-state index in [4.69, 9.17) is 4.43 Å². The van der Waals surface area contributed by atoms with Crippen molar-refractivity contribution in [2.24, 2.45) is 5.41 Å². The Kier molecular flexibility index (Phi) is 6.67. The van der Waals surface area contributed by atoms with Crippen LogP contribution in [0.15, 0.2) is 17.9 Å². The average molecular weight is 286 g/mol. The van der Waals surface area contributed by atoms with Crippen molar-refractivity contribution < 1.29 is 14.0 Å². The molecule has 0 atom stereocenters. The van der Waals surface area contributed by atoms with E-state index in [1.54, 1.807) is 6.08 Å². The van der Waals surface area contributed by atoms with Gasteiger partial charge in [-0.05, 0) is 25.7 Å². The Labute approximate surface area is 115 Å². The average Bonchev–Trinajstić information content (AvgIpc) is 2.12. The van der Waals surface area contributed by atoms with Crippen molar-refractivity contribution >= 4 is 31.2 Å². The number of rotatable bonds is 4. The molecule has 0 unspecified atom stereocenters. The van der Waals surface area contributed by atoms with E-state index in [2.05, 4.69) is 5.73 Å². The van der Waals surface area contributed by atoms with Crippen LogP contribution in [-0.2, 0) is 14.0 Å². The predicted octanol–water partition coefficient (Wildman–Crippen LogP) is 3.38. The molecule has 0 saturated carbocycles. The molecule has 0 radical (unpaired) electrons. The smallest absolute Gasteiger partial charge is 0.325 e. The van der Waals surface area contributed by atoms with Gasteiger partial charge in [0.25, 0.3) is 0 Å². The van der Waals surface area contributed by atoms with Gasteiger partial charge in [0.1, 0.15) is 0 Å². The van der Waals surface area contributed by atoms with E-state index < -0.39 is 8.32 Å². The van der Waals surface area contributed by atoms with Crippen LogP contribution in [0, 0.1) is 5.41 Å². The highest BCUT2D eigenvalue weighted by atomic mass is 32.2. The first kappa shape index (κ1) is 17.2. The Morgan fingerprint density at radius 2 is 1.83 bits per heavy atom. The van der Waals surface area contributed by atoms with Gasteiger partial charge in [-0.2, -0.15) is 0 Å². The highest BCUT2D eigenvalue weighted by Gasteiger charge is 2.20. The Bertz CT molecular complexity index is 369. The molecule has 0 heterocycles. The topological polar surface area (TPSA) is 43.4 Å². The molecule has 0 aromatic heterocycles. The zero-order valence-corrected chi connectivity index (χ0v) is 13.8. The summed E-state index contributed by atoms with van der Waals surface area (Å²) in [7, 11) is -1.83. The maximum absolute atomic E-state index is 11.6. The first-order valence-corrected chi connectivity index (χ1v) is 10.2. The Morgan fingerprint density at radius 3 is 2.28 bits per heavy atom. The number of hydrogen-bond acceptors (Lipinski definition) is 4. The van der Waals surface area contributed by atoms with Crippen LogP contribution < -0.4 is 0 Å². The van der Waals surface area contributed by atoms with Crippen molar-refractivity contribution in [3.63, 3.8) is 0 Å². The van der Waals surface area contributed by atoms with Crippen LogP contribution >= 0.6 is 11.8 Å². The summed E-state index contributed by atoms with van der Waals surface area (Å²) in [6, 6.07) is 0. The first-order chi connectivity index (χ1) is 8.02. The third kappa shape index (κ3) is 9.28. The molecule has 0 saturated heterocycles. The largest absolute Gasteiger partial charge is 0.516 e. The number of carbonyl (C=O) groups excluding carboxylic acids is 2. The molecule has 3 nitrogen and oxygen atoms in total. The van der Waals surface area contributed by atoms with Crippen molar-refractivity contribution in [1.82, 2.24) is 0 Å². The summed E-state index contributed by atoms with van der Waals surface area (Å²) in [5, 5.41) is 0.130. The van der Waals surface area contributed by atoms with Crippen molar-refractivity contribution in [3.8, 4) is 0 Å². The van der Waals surface area contributed by atoms with Crippen LogP contribution in [0.4, 0.5) is 0 Å². The molecule has 0 aliphatic carbocycles. The highest BCUT2D eigenvalue weighted by molar-refractivity contribution is 8.13. The van der Waals surface area contributed by atoms with Gasteiger partial charge in [0.15, 0.2) is 5.12 Å². The van der Waals surface area contributed by atoms with Gasteiger partial charge in [-0.1, -0.05) is 32.5 Å². The molecule has 0 rings (SSSR count). The zero-order chi connectivity index (χ0) is 14.4. The molecular formula is C13H22O3SSi. The minimum atomic E-state index is -1.83. The van der Waals surface area contributed by atoms with Crippen molar-refractivity contribution in [2.75, 3.05) is 5.75 Å². The lowest BCUT2D eigenvalue weighted by atomic mass is 10.00. The van der Waals surface area contributed by atoms with Crippen LogP contribution in [0.5, 0.6) is 0 Å². The Hall–Kier alpha value is -0.773. The predicted molar refractivity (Wildman–Crippen MR) is 79.0 cm³/mol. The minimum absolute atomic E-state index is 0.130. The molecule has 0 aromatic rings. The lowest BCUT2D eigenvalue weighted by Gasteiger charge is -2.15. The van der Waals surface area contributed by atoms with E-state index in [-0.39, 0.29) is 16.5 Å². The van der Waals surface area contributed by atoms with Crippen LogP contribution in [0.1, 0.15) is 20.8 Å². The van der Waals surface area contributed by atoms with E-state index in [1.165, 1.54) is 17.8 Å². The fourth-order valence-corrected chi connectivity index (χ4v) is 2.27. The van der Waals surface area contributed by atoms with Crippen molar-refractivity contribution in [1.29, 1.82) is 0 Å². The van der Waals surface area contributed by atoms with Gasteiger partial charge in [0.2, 0.25) is 8.32 Å². The summed E-state index contributed by atoms with van der Waals surface area (Å²) in [6.45, 7) is 11.5. The van der Waals surface area contributed by atoms with Gasteiger partial charge in [-0.15, -0.1) is 5.73 Å². The summed E-state index contributed by atoms with van der Waals surface area (Å²) in [6.07, 6.45) is 2.94. The third-order valence-corrected chi connectivity index (χ3v) is 3.66. The SMILES string of the molecule is CC(C)(C)C(=O)SCC=C=CC(=O)O[Si](C)(C)C. The van der Waals surface area contributed by atoms with Crippen LogP contribution in [0.3, 0.4) is 0 Å². The van der Waals surface area contributed by atoms with E-state index in [0.29, 0.717) is 5.75 Å². The van der Waals surface area contributed by atoms with E-state index in [0.717, 1.165) is 0 Å². The Morgan fingerprint density at radius 1 is 1.28 bits per heavy atom. The van der Waals surface area contributed by atoms with Crippen molar-refractivity contribution in [2.45, 2.75) is 40.4 Å². The molecule has 0 aromatic carbocycles. The lowest BCUT2D eigenvalue weighted by Crippen LogP contribution is -2.28. The molecule has 0 aliphatic heterocycles. The zero-order valence-electron chi connectivity index (χ0n) is 12.0. The van der Waals surface area contributed by atoms with E-state index in [1.807, 2.05) is 40.4 Å². The van der Waals surface area contributed by atoms with Crippen LogP contribution in [0.2, 0.25) is 19.6 Å². The van der Waals surface area contributed by atoms with Gasteiger partial charge < -0.3 is 4.43 Å². The number of carbonyl (C=O) groups is 2. The van der Waals surface area contributed by atoms with Gasteiger partial charge in [0.05, 0.1) is 6.08 Å². The quantitative estimate of drug-likeness (QED) is 0.451. The third-order valence-electron chi connectivity index (χ3n) is 1.64. The van der Waals surface area contributed by atoms with Crippen LogP contribution in [0.25, 0.3) is 0 Å². The second-order valence-electron chi connectivity index (χ2n) is 5.90. The lowest BCUT2D eigenvalue weighted by molar-refractivity contribution is -0.129. The van der Waals surface area contributed by atoms with Gasteiger partial charge in [0, 0.05) is 11.2 Å². The summed E-state index contributed by atoms with van der Waals surface area (Å²) in [5.41, 5.74) is 2.40. The normalized spacial score (nSPS) is 11.4. The van der Waals surface area contributed by atoms with E-state index in [9.17, 15) is 9.59 Å². The minimum Gasteiger partial charge on any atom is -0.516 e. The fraction of sp³-hybridized carbons (Fsp3) is 0.615. The number of hydrogen-bond donors (Lipinski definition) is 0. The van der Waals surface area contributed by atoms with Gasteiger partial charge >= 0.3 is 5.97 Å². The van der Waals surface area contributed by atoms with Gasteiger partial charge in [-0.25, -0.2) is 4.79 Å². The molecule has 0 aliphatic rings. The first-order valence-electron chi connectivity index (χ1n) is 5.83. The molecule has 0 amide bonds. The fourth-order valence-electron chi connectivity index (χ4n) is 0.840. The molecule has 0 bridgehead atoms. The molecule has 0 fully saturated rings. The molecular weight excluding hydrogens is 264 g/mol. The number of thioether (sulfide) groups is 1. The molecule has 5 heteroatoms. The summed E-state index contributed by atoms with van der Waals surface area (Å²) in [5.74, 6) is 0.157. The standard InChI is InChI=1S/C13H22O3SSi/c1-13(2,3)12(15)17-10-8-7-9-11(14)16-18(4,5)6/h8-9H,10H2,1-6H3. The maximum Gasteiger partial charge on any atom is 0.325 e. The molecule has 102 valence electrons. The Balaban J connectivity index is 4.11. The van der Waals surface area contributed by atoms with Crippen LogP contribution in [-0.4, -0.2) is 25.2 Å². The van der Waals surface area contributed by atoms with Gasteiger partial charge in [-0.3, -0.25) is 4.79 Å².